The molecule has 27 heavy (non-hydrogen) atoms. The minimum Gasteiger partial charge on any atom is -0.493 e. The average Bonchev–Trinajstić information content (AvgIpc) is 2.64. The summed E-state index contributed by atoms with van der Waals surface area (Å²) in [6, 6.07) is 11.7. The first-order chi connectivity index (χ1) is 12.8. The standard InChI is InChI=1S/C20H22Br2N2O3/c1-12(2)14-5-7-15(8-6-14)13(3)23-24-19(25)11-27-20-17(22)9-16(21)10-18(20)26-4/h5-10,12H,11H2,1-4H3,(H,24,25). The third kappa shape index (κ3) is 6.07. The number of carbonyl (C=O) groups is 1. The molecule has 144 valence electrons. The quantitative estimate of drug-likeness (QED) is 0.419. The van der Waals surface area contributed by atoms with Crippen LogP contribution in [0.1, 0.15) is 37.8 Å². The number of nitrogens with zero attached hydrogens (tertiary/aromatic N) is 1. The van der Waals surface area contributed by atoms with Crippen LogP contribution in [0.25, 0.3) is 0 Å². The number of hydrazone groups is 1. The number of rotatable bonds is 7. The van der Waals surface area contributed by atoms with E-state index in [9.17, 15) is 4.79 Å². The van der Waals surface area contributed by atoms with Gasteiger partial charge in [-0.05, 0) is 52.0 Å². The van der Waals surface area contributed by atoms with E-state index in [0.717, 1.165) is 15.7 Å². The van der Waals surface area contributed by atoms with Crippen molar-refractivity contribution >= 4 is 43.5 Å². The molecule has 1 amide bonds. The van der Waals surface area contributed by atoms with Crippen molar-refractivity contribution in [3.8, 4) is 11.5 Å². The molecule has 2 aromatic rings. The SMILES string of the molecule is COc1cc(Br)cc(Br)c1OCC(=O)NN=C(C)c1ccc(C(C)C)cc1. The molecule has 7 heteroatoms. The molecule has 0 saturated carbocycles. The molecular weight excluding hydrogens is 476 g/mol. The smallest absolute Gasteiger partial charge is 0.277 e. The first-order valence-corrected chi connectivity index (χ1v) is 9.99. The number of hydrogen-bond donors (Lipinski definition) is 1. The van der Waals surface area contributed by atoms with Gasteiger partial charge < -0.3 is 9.47 Å². The van der Waals surface area contributed by atoms with Crippen LogP contribution in [0.2, 0.25) is 0 Å². The normalized spacial score (nSPS) is 11.4. The molecule has 0 saturated heterocycles. The highest BCUT2D eigenvalue weighted by Crippen LogP contribution is 2.38. The van der Waals surface area contributed by atoms with Crippen LogP contribution in [0.3, 0.4) is 0 Å². The number of methoxy groups -OCH3 is 1. The summed E-state index contributed by atoms with van der Waals surface area (Å²) in [5.74, 6) is 1.10. The molecule has 0 radical (unpaired) electrons. The van der Waals surface area contributed by atoms with Gasteiger partial charge in [-0.25, -0.2) is 5.43 Å². The average molecular weight is 498 g/mol. The molecule has 0 atom stereocenters. The van der Waals surface area contributed by atoms with Gasteiger partial charge in [-0.2, -0.15) is 5.10 Å². The molecule has 0 spiro atoms. The number of carbonyl (C=O) groups excluding carboxylic acids is 1. The predicted molar refractivity (Wildman–Crippen MR) is 115 cm³/mol. The summed E-state index contributed by atoms with van der Waals surface area (Å²) < 4.78 is 12.4. The number of hydrogen-bond acceptors (Lipinski definition) is 4. The minimum atomic E-state index is -0.356. The summed E-state index contributed by atoms with van der Waals surface area (Å²) in [6.07, 6.45) is 0. The second-order valence-electron chi connectivity index (χ2n) is 6.22. The van der Waals surface area contributed by atoms with Gasteiger partial charge in [-0.3, -0.25) is 4.79 Å². The lowest BCUT2D eigenvalue weighted by Crippen LogP contribution is -2.25. The lowest BCUT2D eigenvalue weighted by Gasteiger charge is -2.12. The van der Waals surface area contributed by atoms with E-state index in [4.69, 9.17) is 9.47 Å². The third-order valence-corrected chi connectivity index (χ3v) is 4.93. The Labute approximate surface area is 176 Å². The van der Waals surface area contributed by atoms with E-state index in [0.29, 0.717) is 21.9 Å². The highest BCUT2D eigenvalue weighted by molar-refractivity contribution is 9.11. The summed E-state index contributed by atoms with van der Waals surface area (Å²) in [7, 11) is 1.54. The Morgan fingerprint density at radius 1 is 1.19 bits per heavy atom. The van der Waals surface area contributed by atoms with Gasteiger partial charge in [0.1, 0.15) is 0 Å². The lowest BCUT2D eigenvalue weighted by molar-refractivity contribution is -0.123. The molecule has 0 fully saturated rings. The topological polar surface area (TPSA) is 59.9 Å². The van der Waals surface area contributed by atoms with Crippen molar-refractivity contribution in [1.82, 2.24) is 5.43 Å². The van der Waals surface area contributed by atoms with Gasteiger partial charge in [-0.15, -0.1) is 0 Å². The molecule has 0 aliphatic rings. The van der Waals surface area contributed by atoms with E-state index in [-0.39, 0.29) is 12.5 Å². The van der Waals surface area contributed by atoms with Crippen LogP contribution < -0.4 is 14.9 Å². The Morgan fingerprint density at radius 3 is 2.44 bits per heavy atom. The predicted octanol–water partition coefficient (Wildman–Crippen LogP) is 5.26. The molecule has 0 aliphatic heterocycles. The van der Waals surface area contributed by atoms with Crippen LogP contribution in [0, 0.1) is 0 Å². The van der Waals surface area contributed by atoms with Crippen LogP contribution in [0.5, 0.6) is 11.5 Å². The van der Waals surface area contributed by atoms with Crippen LogP contribution >= 0.6 is 31.9 Å². The molecule has 0 unspecified atom stereocenters. The zero-order valence-electron chi connectivity index (χ0n) is 15.7. The van der Waals surface area contributed by atoms with E-state index >= 15 is 0 Å². The van der Waals surface area contributed by atoms with E-state index < -0.39 is 0 Å². The van der Waals surface area contributed by atoms with Gasteiger partial charge in [0, 0.05) is 4.47 Å². The molecule has 2 aromatic carbocycles. The largest absolute Gasteiger partial charge is 0.493 e. The molecule has 0 aliphatic carbocycles. The fourth-order valence-electron chi connectivity index (χ4n) is 2.32. The second kappa shape index (κ2) is 9.90. The number of nitrogens with one attached hydrogen (secondary N) is 1. The fraction of sp³-hybridized carbons (Fsp3) is 0.300. The summed E-state index contributed by atoms with van der Waals surface area (Å²) in [6.45, 7) is 5.96. The zero-order valence-corrected chi connectivity index (χ0v) is 18.8. The van der Waals surface area contributed by atoms with Crippen molar-refractivity contribution in [2.24, 2.45) is 5.10 Å². The molecular formula is C20H22Br2N2O3. The van der Waals surface area contributed by atoms with Gasteiger partial charge in [0.25, 0.3) is 5.91 Å². The molecule has 0 heterocycles. The van der Waals surface area contributed by atoms with E-state index in [2.05, 4.69) is 68.4 Å². The number of ether oxygens (including phenoxy) is 2. The number of amides is 1. The van der Waals surface area contributed by atoms with Crippen molar-refractivity contribution in [3.63, 3.8) is 0 Å². The highest BCUT2D eigenvalue weighted by Gasteiger charge is 2.13. The lowest BCUT2D eigenvalue weighted by atomic mass is 10.0. The molecule has 0 bridgehead atoms. The van der Waals surface area contributed by atoms with E-state index in [1.54, 1.807) is 13.2 Å². The van der Waals surface area contributed by atoms with Crippen molar-refractivity contribution in [3.05, 3.63) is 56.5 Å². The second-order valence-corrected chi connectivity index (χ2v) is 7.99. The first kappa shape index (κ1) is 21.4. The van der Waals surface area contributed by atoms with Gasteiger partial charge >= 0.3 is 0 Å². The van der Waals surface area contributed by atoms with Gasteiger partial charge in [-0.1, -0.05) is 54.0 Å². The zero-order chi connectivity index (χ0) is 20.0. The van der Waals surface area contributed by atoms with E-state index in [1.807, 2.05) is 25.1 Å². The Balaban J connectivity index is 1.97. The van der Waals surface area contributed by atoms with Gasteiger partial charge in [0.05, 0.1) is 17.3 Å². The van der Waals surface area contributed by atoms with Crippen LogP contribution in [0.15, 0.2) is 50.4 Å². The fourth-order valence-corrected chi connectivity index (χ4v) is 3.62. The minimum absolute atomic E-state index is 0.181. The molecule has 1 N–H and O–H groups in total. The Morgan fingerprint density at radius 2 is 1.85 bits per heavy atom. The van der Waals surface area contributed by atoms with Crippen LogP contribution in [-0.4, -0.2) is 25.3 Å². The Kier molecular flexibility index (Phi) is 7.86. The molecule has 2 rings (SSSR count). The van der Waals surface area contributed by atoms with E-state index in [1.165, 1.54) is 5.56 Å². The maximum Gasteiger partial charge on any atom is 0.277 e. The molecule has 5 nitrogen and oxygen atoms in total. The number of benzene rings is 2. The van der Waals surface area contributed by atoms with Crippen LogP contribution in [0.4, 0.5) is 0 Å². The van der Waals surface area contributed by atoms with Gasteiger partial charge in [0.15, 0.2) is 18.1 Å². The molecule has 0 aromatic heterocycles. The first-order valence-electron chi connectivity index (χ1n) is 8.41. The summed E-state index contributed by atoms with van der Waals surface area (Å²) in [4.78, 5) is 12.1. The third-order valence-electron chi connectivity index (χ3n) is 3.89. The Bertz CT molecular complexity index is 834. The van der Waals surface area contributed by atoms with Crippen molar-refractivity contribution in [2.45, 2.75) is 26.7 Å². The maximum absolute atomic E-state index is 12.1. The monoisotopic (exact) mass is 496 g/mol. The van der Waals surface area contributed by atoms with Crippen molar-refractivity contribution in [1.29, 1.82) is 0 Å². The van der Waals surface area contributed by atoms with Crippen molar-refractivity contribution in [2.75, 3.05) is 13.7 Å². The maximum atomic E-state index is 12.1. The summed E-state index contributed by atoms with van der Waals surface area (Å²) in [5.41, 5.74) is 5.46. The summed E-state index contributed by atoms with van der Waals surface area (Å²) in [5, 5.41) is 4.15. The summed E-state index contributed by atoms with van der Waals surface area (Å²) >= 11 is 6.78. The van der Waals surface area contributed by atoms with Crippen molar-refractivity contribution < 1.29 is 14.3 Å². The number of halogens is 2. The van der Waals surface area contributed by atoms with Gasteiger partial charge in [0.2, 0.25) is 0 Å². The Hall–Kier alpha value is -1.86. The van der Waals surface area contributed by atoms with Crippen LogP contribution in [-0.2, 0) is 4.79 Å². The highest BCUT2D eigenvalue weighted by atomic mass is 79.9.